The van der Waals surface area contributed by atoms with Gasteiger partial charge in [-0.25, -0.2) is 0 Å². The van der Waals surface area contributed by atoms with E-state index >= 15 is 0 Å². The van der Waals surface area contributed by atoms with Gasteiger partial charge in [-0.3, -0.25) is 0 Å². The second-order valence-electron chi connectivity index (χ2n) is 5.33. The first-order valence-electron chi connectivity index (χ1n) is 6.89. The number of anilines is 1. The molecule has 0 saturated carbocycles. The first-order chi connectivity index (χ1) is 9.66. The Morgan fingerprint density at radius 3 is 2.70 bits per heavy atom. The van der Waals surface area contributed by atoms with Crippen molar-refractivity contribution in [1.82, 2.24) is 0 Å². The summed E-state index contributed by atoms with van der Waals surface area (Å²) in [5.74, 6) is 0. The van der Waals surface area contributed by atoms with E-state index in [9.17, 15) is 0 Å². The summed E-state index contributed by atoms with van der Waals surface area (Å²) in [5.41, 5.74) is 10.8. The molecule has 2 N–H and O–H groups in total. The molecule has 0 fully saturated rings. The van der Waals surface area contributed by atoms with E-state index in [-0.39, 0.29) is 0 Å². The minimum atomic E-state index is 0.473. The summed E-state index contributed by atoms with van der Waals surface area (Å²) in [5, 5.41) is 0. The molecule has 2 nitrogen and oxygen atoms in total. The summed E-state index contributed by atoms with van der Waals surface area (Å²) < 4.78 is 0. The zero-order valence-corrected chi connectivity index (χ0v) is 12.4. The van der Waals surface area contributed by atoms with E-state index in [0.29, 0.717) is 11.0 Å². The fourth-order valence-corrected chi connectivity index (χ4v) is 3.15. The molecule has 0 saturated heterocycles. The minimum Gasteiger partial charge on any atom is -0.389 e. The van der Waals surface area contributed by atoms with E-state index in [4.69, 9.17) is 18.0 Å². The van der Waals surface area contributed by atoms with Crippen LogP contribution in [-0.4, -0.2) is 11.0 Å². The molecule has 1 aliphatic heterocycles. The van der Waals surface area contributed by atoms with Crippen molar-refractivity contribution in [1.29, 1.82) is 0 Å². The lowest BCUT2D eigenvalue weighted by atomic mass is 10.1. The van der Waals surface area contributed by atoms with Crippen molar-refractivity contribution < 1.29 is 0 Å². The second kappa shape index (κ2) is 5.25. The normalized spacial score (nSPS) is 17.1. The predicted molar refractivity (Wildman–Crippen MR) is 88.1 cm³/mol. The molecule has 2 aromatic carbocycles. The topological polar surface area (TPSA) is 29.3 Å². The molecule has 102 valence electrons. The van der Waals surface area contributed by atoms with Gasteiger partial charge in [-0.15, -0.1) is 0 Å². The lowest BCUT2D eigenvalue weighted by Crippen LogP contribution is -2.29. The number of hydrogen-bond donors (Lipinski definition) is 1. The number of para-hydroxylation sites is 1. The van der Waals surface area contributed by atoms with Gasteiger partial charge in [0.15, 0.2) is 0 Å². The molecule has 0 amide bonds. The van der Waals surface area contributed by atoms with Crippen LogP contribution in [0.2, 0.25) is 0 Å². The van der Waals surface area contributed by atoms with Gasteiger partial charge in [-0.1, -0.05) is 54.7 Å². The highest BCUT2D eigenvalue weighted by Gasteiger charge is 2.25. The van der Waals surface area contributed by atoms with Crippen LogP contribution in [0.3, 0.4) is 0 Å². The number of nitrogens with two attached hydrogens (primary N) is 1. The standard InChI is InChI=1S/C17H18N2S/c1-12-10-13-6-3-5-9-16(13)19(12)11-14-7-2-4-8-15(14)17(18)20/h2-9,12H,10-11H2,1H3,(H2,18,20). The molecule has 20 heavy (non-hydrogen) atoms. The van der Waals surface area contributed by atoms with Crippen molar-refractivity contribution in [3.8, 4) is 0 Å². The molecule has 0 radical (unpaired) electrons. The Morgan fingerprint density at radius 2 is 1.90 bits per heavy atom. The van der Waals surface area contributed by atoms with Crippen molar-refractivity contribution in [2.24, 2.45) is 5.73 Å². The lowest BCUT2D eigenvalue weighted by Gasteiger charge is -2.26. The highest BCUT2D eigenvalue weighted by molar-refractivity contribution is 7.80. The first kappa shape index (κ1) is 13.1. The zero-order valence-electron chi connectivity index (χ0n) is 11.5. The molecule has 1 aliphatic rings. The predicted octanol–water partition coefficient (Wildman–Crippen LogP) is 3.27. The number of benzene rings is 2. The van der Waals surface area contributed by atoms with Crippen molar-refractivity contribution in [3.63, 3.8) is 0 Å². The summed E-state index contributed by atoms with van der Waals surface area (Å²) in [6.07, 6.45) is 1.10. The van der Waals surface area contributed by atoms with E-state index < -0.39 is 0 Å². The van der Waals surface area contributed by atoms with Crippen LogP contribution in [0.25, 0.3) is 0 Å². The fraction of sp³-hybridized carbons (Fsp3) is 0.235. The maximum absolute atomic E-state index is 5.83. The van der Waals surface area contributed by atoms with Gasteiger partial charge < -0.3 is 10.6 Å². The monoisotopic (exact) mass is 282 g/mol. The van der Waals surface area contributed by atoms with E-state index in [1.807, 2.05) is 18.2 Å². The number of nitrogens with zero attached hydrogens (tertiary/aromatic N) is 1. The molecule has 0 aromatic heterocycles. The van der Waals surface area contributed by atoms with Crippen LogP contribution in [0.15, 0.2) is 48.5 Å². The summed E-state index contributed by atoms with van der Waals surface area (Å²) in [7, 11) is 0. The van der Waals surface area contributed by atoms with E-state index in [2.05, 4.69) is 42.2 Å². The number of hydrogen-bond acceptors (Lipinski definition) is 2. The van der Waals surface area contributed by atoms with Crippen molar-refractivity contribution >= 4 is 22.9 Å². The Hall–Kier alpha value is -1.87. The molecular weight excluding hydrogens is 264 g/mol. The Balaban J connectivity index is 1.94. The van der Waals surface area contributed by atoms with E-state index in [0.717, 1.165) is 18.5 Å². The van der Waals surface area contributed by atoms with Crippen LogP contribution in [0.5, 0.6) is 0 Å². The third-order valence-corrected chi connectivity index (χ3v) is 4.19. The Morgan fingerprint density at radius 1 is 1.20 bits per heavy atom. The van der Waals surface area contributed by atoms with E-state index in [1.54, 1.807) is 0 Å². The number of rotatable bonds is 3. The average molecular weight is 282 g/mol. The molecule has 2 aromatic rings. The van der Waals surface area contributed by atoms with Gasteiger partial charge in [0, 0.05) is 23.8 Å². The van der Waals surface area contributed by atoms with Crippen LogP contribution in [0, 0.1) is 0 Å². The van der Waals surface area contributed by atoms with Crippen molar-refractivity contribution in [2.45, 2.75) is 25.9 Å². The highest BCUT2D eigenvalue weighted by atomic mass is 32.1. The molecule has 1 heterocycles. The van der Waals surface area contributed by atoms with Crippen LogP contribution < -0.4 is 10.6 Å². The maximum atomic E-state index is 5.83. The number of thiocarbonyl (C=S) groups is 1. The minimum absolute atomic E-state index is 0.473. The molecule has 3 heteroatoms. The van der Waals surface area contributed by atoms with Crippen molar-refractivity contribution in [2.75, 3.05) is 4.90 Å². The van der Waals surface area contributed by atoms with Crippen LogP contribution >= 0.6 is 12.2 Å². The molecule has 1 unspecified atom stereocenters. The van der Waals surface area contributed by atoms with Crippen molar-refractivity contribution in [3.05, 3.63) is 65.2 Å². The summed E-state index contributed by atoms with van der Waals surface area (Å²) in [4.78, 5) is 2.91. The van der Waals surface area contributed by atoms with Gasteiger partial charge in [0.2, 0.25) is 0 Å². The molecular formula is C17H18N2S. The van der Waals surface area contributed by atoms with Gasteiger partial charge in [0.05, 0.1) is 0 Å². The molecule has 0 aliphatic carbocycles. The summed E-state index contributed by atoms with van der Waals surface area (Å²) in [6.45, 7) is 3.12. The van der Waals surface area contributed by atoms with Crippen LogP contribution in [-0.2, 0) is 13.0 Å². The Bertz CT molecular complexity index is 651. The number of fused-ring (bicyclic) bond motifs is 1. The first-order valence-corrected chi connectivity index (χ1v) is 7.30. The van der Waals surface area contributed by atoms with Gasteiger partial charge >= 0.3 is 0 Å². The second-order valence-corrected chi connectivity index (χ2v) is 5.77. The highest BCUT2D eigenvalue weighted by Crippen LogP contribution is 2.33. The maximum Gasteiger partial charge on any atom is 0.104 e. The average Bonchev–Trinajstić information content (AvgIpc) is 2.76. The fourth-order valence-electron chi connectivity index (χ4n) is 2.95. The van der Waals surface area contributed by atoms with Gasteiger partial charge in [0.1, 0.15) is 4.99 Å². The largest absolute Gasteiger partial charge is 0.389 e. The molecule has 0 spiro atoms. The SMILES string of the molecule is CC1Cc2ccccc2N1Cc1ccccc1C(N)=S. The van der Waals surface area contributed by atoms with Gasteiger partial charge in [-0.2, -0.15) is 0 Å². The summed E-state index contributed by atoms with van der Waals surface area (Å²) in [6, 6.07) is 17.3. The quantitative estimate of drug-likeness (QED) is 0.876. The smallest absolute Gasteiger partial charge is 0.104 e. The third kappa shape index (κ3) is 2.29. The third-order valence-electron chi connectivity index (χ3n) is 3.97. The Kier molecular flexibility index (Phi) is 3.45. The molecule has 3 rings (SSSR count). The van der Waals surface area contributed by atoms with Crippen LogP contribution in [0.4, 0.5) is 5.69 Å². The van der Waals surface area contributed by atoms with E-state index in [1.165, 1.54) is 16.8 Å². The lowest BCUT2D eigenvalue weighted by molar-refractivity contribution is 0.672. The van der Waals surface area contributed by atoms with Gasteiger partial charge in [-0.05, 0) is 30.5 Å². The Labute approximate surface area is 125 Å². The molecule has 0 bridgehead atoms. The summed E-state index contributed by atoms with van der Waals surface area (Å²) >= 11 is 5.16. The molecule has 1 atom stereocenters. The van der Waals surface area contributed by atoms with Crippen LogP contribution in [0.1, 0.15) is 23.6 Å². The van der Waals surface area contributed by atoms with Gasteiger partial charge in [0.25, 0.3) is 0 Å². The zero-order chi connectivity index (χ0) is 14.1.